The predicted molar refractivity (Wildman–Crippen MR) is 53.0 cm³/mol. The number of carbonyl (C=O) groups is 1. The van der Waals surface area contributed by atoms with E-state index in [-0.39, 0.29) is 23.2 Å². The molecule has 1 aliphatic carbocycles. The van der Waals surface area contributed by atoms with Crippen molar-refractivity contribution < 1.29 is 22.4 Å². The average Bonchev–Trinajstić information content (AvgIpc) is 2.92. The molecule has 1 aliphatic rings. The van der Waals surface area contributed by atoms with Crippen LogP contribution in [0.15, 0.2) is 18.2 Å². The van der Waals surface area contributed by atoms with E-state index in [1.54, 1.807) is 0 Å². The van der Waals surface area contributed by atoms with Gasteiger partial charge in [0.25, 0.3) is 0 Å². The quantitative estimate of drug-likeness (QED) is 0.574. The Morgan fingerprint density at radius 1 is 1.35 bits per heavy atom. The standard InChI is InChI=1S/C12H10F4O/c1-6-4-8(6)11(17)7-2-3-9(10(13)5-7)12(14,15)16/h2-3,5-6,8H,4H2,1H3. The Morgan fingerprint density at radius 3 is 2.35 bits per heavy atom. The van der Waals surface area contributed by atoms with Crippen molar-refractivity contribution in [1.82, 2.24) is 0 Å². The highest BCUT2D eigenvalue weighted by atomic mass is 19.4. The minimum absolute atomic E-state index is 0.0184. The van der Waals surface area contributed by atoms with Crippen molar-refractivity contribution in [3.05, 3.63) is 35.1 Å². The van der Waals surface area contributed by atoms with E-state index in [1.165, 1.54) is 0 Å². The maximum atomic E-state index is 13.2. The molecule has 1 aromatic rings. The van der Waals surface area contributed by atoms with E-state index in [2.05, 4.69) is 0 Å². The zero-order chi connectivity index (χ0) is 12.8. The van der Waals surface area contributed by atoms with Gasteiger partial charge < -0.3 is 0 Å². The summed E-state index contributed by atoms with van der Waals surface area (Å²) in [5.41, 5.74) is -1.32. The van der Waals surface area contributed by atoms with E-state index in [0.717, 1.165) is 12.5 Å². The van der Waals surface area contributed by atoms with Crippen molar-refractivity contribution in [2.45, 2.75) is 19.5 Å². The van der Waals surface area contributed by atoms with E-state index in [9.17, 15) is 22.4 Å². The van der Waals surface area contributed by atoms with Gasteiger partial charge in [-0.15, -0.1) is 0 Å². The summed E-state index contributed by atoms with van der Waals surface area (Å²) in [6.07, 6.45) is -4.00. The summed E-state index contributed by atoms with van der Waals surface area (Å²) < 4.78 is 50.1. The first kappa shape index (κ1) is 12.1. The zero-order valence-electron chi connectivity index (χ0n) is 9.01. The fraction of sp³-hybridized carbons (Fsp3) is 0.417. The lowest BCUT2D eigenvalue weighted by molar-refractivity contribution is -0.140. The van der Waals surface area contributed by atoms with Gasteiger partial charge in [-0.05, 0) is 24.5 Å². The van der Waals surface area contributed by atoms with E-state index >= 15 is 0 Å². The first-order chi connectivity index (χ1) is 7.80. The largest absolute Gasteiger partial charge is 0.419 e. The fourth-order valence-corrected chi connectivity index (χ4v) is 1.80. The normalized spacial score (nSPS) is 23.6. The Labute approximate surface area is 95.4 Å². The van der Waals surface area contributed by atoms with Crippen LogP contribution in [0.3, 0.4) is 0 Å². The van der Waals surface area contributed by atoms with E-state index in [4.69, 9.17) is 0 Å². The van der Waals surface area contributed by atoms with Crippen LogP contribution in [0.4, 0.5) is 17.6 Å². The number of ketones is 1. The Balaban J connectivity index is 2.28. The van der Waals surface area contributed by atoms with Crippen LogP contribution in [-0.4, -0.2) is 5.78 Å². The van der Waals surface area contributed by atoms with Gasteiger partial charge in [-0.2, -0.15) is 13.2 Å². The summed E-state index contributed by atoms with van der Waals surface area (Å²) in [5.74, 6) is -1.58. The second-order valence-corrected chi connectivity index (χ2v) is 4.38. The van der Waals surface area contributed by atoms with Gasteiger partial charge >= 0.3 is 6.18 Å². The number of hydrogen-bond donors (Lipinski definition) is 0. The first-order valence-corrected chi connectivity index (χ1v) is 5.21. The monoisotopic (exact) mass is 246 g/mol. The minimum Gasteiger partial charge on any atom is -0.294 e. The van der Waals surface area contributed by atoms with Gasteiger partial charge in [-0.3, -0.25) is 4.79 Å². The number of benzene rings is 1. The molecule has 17 heavy (non-hydrogen) atoms. The molecule has 1 nitrogen and oxygen atoms in total. The molecule has 1 saturated carbocycles. The molecule has 0 saturated heterocycles. The maximum Gasteiger partial charge on any atom is 0.419 e. The third-order valence-corrected chi connectivity index (χ3v) is 3.01. The molecule has 0 spiro atoms. The van der Waals surface area contributed by atoms with Crippen LogP contribution in [0.2, 0.25) is 0 Å². The van der Waals surface area contributed by atoms with Gasteiger partial charge in [0.15, 0.2) is 5.78 Å². The predicted octanol–water partition coefficient (Wildman–Crippen LogP) is 3.68. The summed E-state index contributed by atoms with van der Waals surface area (Å²) in [6.45, 7) is 1.88. The van der Waals surface area contributed by atoms with Crippen LogP contribution in [0, 0.1) is 17.7 Å². The zero-order valence-corrected chi connectivity index (χ0v) is 9.01. The summed E-state index contributed by atoms with van der Waals surface area (Å²) in [6, 6.07) is 2.34. The van der Waals surface area contributed by atoms with Gasteiger partial charge in [-0.1, -0.05) is 13.0 Å². The molecular weight excluding hydrogens is 236 g/mol. The lowest BCUT2D eigenvalue weighted by Gasteiger charge is -2.08. The van der Waals surface area contributed by atoms with Gasteiger partial charge in [0.1, 0.15) is 5.82 Å². The highest BCUT2D eigenvalue weighted by molar-refractivity contribution is 5.99. The fourth-order valence-electron chi connectivity index (χ4n) is 1.80. The Hall–Kier alpha value is -1.39. The highest BCUT2D eigenvalue weighted by Gasteiger charge is 2.40. The van der Waals surface area contributed by atoms with Crippen LogP contribution >= 0.6 is 0 Å². The second kappa shape index (κ2) is 3.82. The Bertz CT molecular complexity index is 464. The molecule has 0 amide bonds. The summed E-state index contributed by atoms with van der Waals surface area (Å²) in [5, 5.41) is 0. The lowest BCUT2D eigenvalue weighted by Crippen LogP contribution is -2.10. The van der Waals surface area contributed by atoms with Crippen LogP contribution in [0.1, 0.15) is 29.3 Å². The minimum atomic E-state index is -4.72. The van der Waals surface area contributed by atoms with E-state index in [1.807, 2.05) is 6.92 Å². The molecule has 0 aliphatic heterocycles. The Morgan fingerprint density at radius 2 is 1.94 bits per heavy atom. The number of Topliss-reactive ketones (excluding diaryl/α,β-unsaturated/α-hetero) is 1. The topological polar surface area (TPSA) is 17.1 Å². The lowest BCUT2D eigenvalue weighted by atomic mass is 10.0. The molecule has 0 radical (unpaired) electrons. The number of rotatable bonds is 2. The molecule has 1 aromatic carbocycles. The van der Waals surface area contributed by atoms with Gasteiger partial charge in [-0.25, -0.2) is 4.39 Å². The molecule has 2 rings (SSSR count). The van der Waals surface area contributed by atoms with Crippen LogP contribution in [-0.2, 0) is 6.18 Å². The number of hydrogen-bond acceptors (Lipinski definition) is 1. The van der Waals surface area contributed by atoms with Crippen LogP contribution in [0.25, 0.3) is 0 Å². The van der Waals surface area contributed by atoms with Crippen LogP contribution < -0.4 is 0 Å². The van der Waals surface area contributed by atoms with Crippen LogP contribution in [0.5, 0.6) is 0 Å². The third kappa shape index (κ3) is 2.33. The van der Waals surface area contributed by atoms with Crippen molar-refractivity contribution in [2.24, 2.45) is 11.8 Å². The van der Waals surface area contributed by atoms with Gasteiger partial charge in [0.2, 0.25) is 0 Å². The van der Waals surface area contributed by atoms with Gasteiger partial charge in [0, 0.05) is 11.5 Å². The van der Waals surface area contributed by atoms with E-state index < -0.39 is 17.6 Å². The molecule has 2 atom stereocenters. The second-order valence-electron chi connectivity index (χ2n) is 4.38. The van der Waals surface area contributed by atoms with E-state index in [0.29, 0.717) is 12.1 Å². The molecule has 0 N–H and O–H groups in total. The molecule has 92 valence electrons. The summed E-state index contributed by atoms with van der Waals surface area (Å²) >= 11 is 0. The SMILES string of the molecule is CC1CC1C(=O)c1ccc(C(F)(F)F)c(F)c1. The molecule has 0 aromatic heterocycles. The maximum absolute atomic E-state index is 13.2. The summed E-state index contributed by atoms with van der Waals surface area (Å²) in [4.78, 5) is 11.7. The number of halogens is 4. The molecular formula is C12H10F4O. The number of carbonyl (C=O) groups excluding carboxylic acids is 1. The molecule has 0 bridgehead atoms. The van der Waals surface area contributed by atoms with Crippen molar-refractivity contribution >= 4 is 5.78 Å². The van der Waals surface area contributed by atoms with Crippen molar-refractivity contribution in [2.75, 3.05) is 0 Å². The molecule has 2 unspecified atom stereocenters. The van der Waals surface area contributed by atoms with Gasteiger partial charge in [0.05, 0.1) is 5.56 Å². The third-order valence-electron chi connectivity index (χ3n) is 3.01. The highest BCUT2D eigenvalue weighted by Crippen LogP contribution is 2.40. The smallest absolute Gasteiger partial charge is 0.294 e. The summed E-state index contributed by atoms with van der Waals surface area (Å²) in [7, 11) is 0. The van der Waals surface area contributed by atoms with Crippen molar-refractivity contribution in [3.8, 4) is 0 Å². The van der Waals surface area contributed by atoms with Crippen molar-refractivity contribution in [1.29, 1.82) is 0 Å². The van der Waals surface area contributed by atoms with Crippen molar-refractivity contribution in [3.63, 3.8) is 0 Å². The molecule has 1 fully saturated rings. The molecule has 5 heteroatoms. The average molecular weight is 246 g/mol. The molecule has 0 heterocycles. The Kier molecular flexibility index (Phi) is 2.72. The first-order valence-electron chi connectivity index (χ1n) is 5.21. The number of alkyl halides is 3.